The van der Waals surface area contributed by atoms with Crippen LogP contribution in [0, 0.1) is 6.92 Å². The molecule has 20 heavy (non-hydrogen) atoms. The lowest BCUT2D eigenvalue weighted by atomic mass is 9.98. The van der Waals surface area contributed by atoms with Gasteiger partial charge in [-0.2, -0.15) is 0 Å². The van der Waals surface area contributed by atoms with Gasteiger partial charge in [0.05, 0.1) is 25.0 Å². The van der Waals surface area contributed by atoms with E-state index >= 15 is 0 Å². The molecule has 1 amide bonds. The van der Waals surface area contributed by atoms with Crippen molar-refractivity contribution in [3.8, 4) is 0 Å². The number of hydrogen-bond acceptors (Lipinski definition) is 4. The average Bonchev–Trinajstić information content (AvgIpc) is 2.91. The van der Waals surface area contributed by atoms with E-state index in [-0.39, 0.29) is 12.0 Å². The van der Waals surface area contributed by atoms with Gasteiger partial charge in [-0.3, -0.25) is 9.69 Å². The summed E-state index contributed by atoms with van der Waals surface area (Å²) in [4.78, 5) is 16.9. The van der Waals surface area contributed by atoms with Crippen LogP contribution in [0.4, 0.5) is 0 Å². The predicted octanol–water partition coefficient (Wildman–Crippen LogP) is 1.52. The highest BCUT2D eigenvalue weighted by Gasteiger charge is 2.38. The van der Waals surface area contributed by atoms with Gasteiger partial charge in [-0.05, 0) is 26.0 Å². The number of carbonyl (C=O) groups is 1. The highest BCUT2D eigenvalue weighted by Crippen LogP contribution is 2.24. The normalized spacial score (nSPS) is 27.4. The van der Waals surface area contributed by atoms with Gasteiger partial charge in [0.1, 0.15) is 0 Å². The smallest absolute Gasteiger partial charge is 0.289 e. The van der Waals surface area contributed by atoms with Gasteiger partial charge in [-0.25, -0.2) is 0 Å². The number of likely N-dealkylation sites (N-methyl/N-ethyl adjacent to an activating group) is 1. The Morgan fingerprint density at radius 2 is 2.30 bits per heavy atom. The van der Waals surface area contributed by atoms with E-state index in [9.17, 15) is 4.79 Å². The molecule has 3 rings (SSSR count). The summed E-state index contributed by atoms with van der Waals surface area (Å²) in [7, 11) is 0. The molecule has 2 aliphatic heterocycles. The zero-order valence-corrected chi connectivity index (χ0v) is 12.2. The highest BCUT2D eigenvalue weighted by atomic mass is 16.5. The summed E-state index contributed by atoms with van der Waals surface area (Å²) in [5.41, 5.74) is 0.907. The number of piperidine rings is 1. The molecule has 5 heteroatoms. The number of likely N-dealkylation sites (tertiary alicyclic amines) is 1. The summed E-state index contributed by atoms with van der Waals surface area (Å²) in [5, 5.41) is 0. The lowest BCUT2D eigenvalue weighted by Crippen LogP contribution is -2.60. The van der Waals surface area contributed by atoms with Crippen LogP contribution in [0.1, 0.15) is 29.5 Å². The molecule has 110 valence electrons. The first-order valence-electron chi connectivity index (χ1n) is 7.39. The summed E-state index contributed by atoms with van der Waals surface area (Å²) < 4.78 is 11.2. The summed E-state index contributed by atoms with van der Waals surface area (Å²) in [6.45, 7) is 8.33. The largest absolute Gasteiger partial charge is 0.459 e. The van der Waals surface area contributed by atoms with Crippen LogP contribution in [0.25, 0.3) is 0 Å². The maximum absolute atomic E-state index is 12.5. The fraction of sp³-hybridized carbons (Fsp3) is 0.667. The van der Waals surface area contributed by atoms with Gasteiger partial charge in [0.15, 0.2) is 5.76 Å². The molecule has 0 aliphatic carbocycles. The molecule has 1 aromatic rings. The van der Waals surface area contributed by atoms with Crippen molar-refractivity contribution in [1.82, 2.24) is 9.80 Å². The monoisotopic (exact) mass is 278 g/mol. The molecule has 0 saturated carbocycles. The summed E-state index contributed by atoms with van der Waals surface area (Å²) >= 11 is 0. The third kappa shape index (κ3) is 2.36. The molecule has 0 N–H and O–H groups in total. The van der Waals surface area contributed by atoms with E-state index in [2.05, 4.69) is 11.8 Å². The molecule has 1 aromatic heterocycles. The summed E-state index contributed by atoms with van der Waals surface area (Å²) in [5.74, 6) is 0.482. The van der Waals surface area contributed by atoms with Gasteiger partial charge >= 0.3 is 0 Å². The van der Waals surface area contributed by atoms with Gasteiger partial charge in [-0.15, -0.1) is 0 Å². The van der Waals surface area contributed by atoms with Crippen molar-refractivity contribution in [2.75, 3.05) is 32.8 Å². The number of aryl methyl sites for hydroxylation is 1. The van der Waals surface area contributed by atoms with Crippen LogP contribution in [-0.2, 0) is 4.74 Å². The zero-order valence-electron chi connectivity index (χ0n) is 12.2. The Hall–Kier alpha value is -1.33. The summed E-state index contributed by atoms with van der Waals surface area (Å²) in [6.07, 6.45) is 2.76. The second kappa shape index (κ2) is 5.58. The van der Waals surface area contributed by atoms with Crippen molar-refractivity contribution in [3.05, 3.63) is 23.7 Å². The number of morpholine rings is 1. The predicted molar refractivity (Wildman–Crippen MR) is 74.7 cm³/mol. The van der Waals surface area contributed by atoms with Gasteiger partial charge in [0.25, 0.3) is 5.91 Å². The number of furan rings is 1. The Balaban J connectivity index is 1.73. The Morgan fingerprint density at radius 1 is 1.45 bits per heavy atom. The van der Waals surface area contributed by atoms with Crippen molar-refractivity contribution in [2.45, 2.75) is 32.4 Å². The van der Waals surface area contributed by atoms with Crippen LogP contribution in [0.5, 0.6) is 0 Å². The van der Waals surface area contributed by atoms with E-state index < -0.39 is 0 Å². The van der Waals surface area contributed by atoms with Crippen LogP contribution in [0.3, 0.4) is 0 Å². The molecule has 2 fully saturated rings. The number of rotatable bonds is 2. The van der Waals surface area contributed by atoms with E-state index in [0.29, 0.717) is 11.8 Å². The minimum absolute atomic E-state index is 0.00702. The fourth-order valence-electron chi connectivity index (χ4n) is 3.25. The number of nitrogens with zero attached hydrogens (tertiary/aromatic N) is 2. The van der Waals surface area contributed by atoms with Gasteiger partial charge in [0.2, 0.25) is 0 Å². The molecule has 0 bridgehead atoms. The van der Waals surface area contributed by atoms with Crippen molar-refractivity contribution in [1.29, 1.82) is 0 Å². The third-order valence-corrected chi connectivity index (χ3v) is 4.45. The second-order valence-electron chi connectivity index (χ2n) is 5.58. The van der Waals surface area contributed by atoms with E-state index in [1.54, 1.807) is 6.26 Å². The topological polar surface area (TPSA) is 45.9 Å². The molecule has 5 nitrogen and oxygen atoms in total. The first-order valence-corrected chi connectivity index (χ1v) is 7.39. The number of carbonyl (C=O) groups excluding carboxylic acids is 1. The van der Waals surface area contributed by atoms with Crippen LogP contribution in [0.2, 0.25) is 0 Å². The first-order chi connectivity index (χ1) is 9.70. The van der Waals surface area contributed by atoms with E-state index in [1.807, 2.05) is 17.9 Å². The quantitative estimate of drug-likeness (QED) is 0.823. The van der Waals surface area contributed by atoms with Crippen molar-refractivity contribution >= 4 is 5.91 Å². The van der Waals surface area contributed by atoms with Crippen molar-refractivity contribution in [2.24, 2.45) is 0 Å². The number of amides is 1. The second-order valence-corrected chi connectivity index (χ2v) is 5.58. The van der Waals surface area contributed by atoms with Crippen molar-refractivity contribution in [3.63, 3.8) is 0 Å². The fourth-order valence-corrected chi connectivity index (χ4v) is 3.25. The summed E-state index contributed by atoms with van der Waals surface area (Å²) in [6, 6.07) is 2.16. The minimum atomic E-state index is 0.00702. The molecule has 3 heterocycles. The number of ether oxygens (including phenoxy) is 1. The average molecular weight is 278 g/mol. The Bertz CT molecular complexity index is 479. The lowest BCUT2D eigenvalue weighted by Gasteiger charge is -2.46. The third-order valence-electron chi connectivity index (χ3n) is 4.45. The number of hydrogen-bond donors (Lipinski definition) is 0. The highest BCUT2D eigenvalue weighted by molar-refractivity contribution is 5.92. The van der Waals surface area contributed by atoms with E-state index in [0.717, 1.165) is 44.8 Å². The molecular weight excluding hydrogens is 256 g/mol. The maximum Gasteiger partial charge on any atom is 0.289 e. The number of fused-ring (bicyclic) bond motifs is 1. The van der Waals surface area contributed by atoms with Crippen LogP contribution >= 0.6 is 0 Å². The molecule has 2 saturated heterocycles. The standard InChI is InChI=1S/C15H22N2O3/c1-3-16-7-9-19-13-4-6-17(10-12(13)16)15(18)14-11(2)5-8-20-14/h5,8,12-13H,3-4,6-7,9-10H2,1-2H3/t12-,13-/m0/s1. The van der Waals surface area contributed by atoms with Crippen molar-refractivity contribution < 1.29 is 13.9 Å². The Kier molecular flexibility index (Phi) is 3.81. The molecule has 0 radical (unpaired) electrons. The van der Waals surface area contributed by atoms with Gasteiger partial charge in [0, 0.05) is 25.2 Å². The molecule has 0 aromatic carbocycles. The Labute approximate surface area is 119 Å². The van der Waals surface area contributed by atoms with Gasteiger partial charge < -0.3 is 14.1 Å². The first kappa shape index (κ1) is 13.6. The maximum atomic E-state index is 12.5. The molecule has 0 spiro atoms. The molecular formula is C15H22N2O3. The van der Waals surface area contributed by atoms with Crippen LogP contribution in [-0.4, -0.2) is 60.6 Å². The molecule has 0 unspecified atom stereocenters. The minimum Gasteiger partial charge on any atom is -0.459 e. The van der Waals surface area contributed by atoms with E-state index in [4.69, 9.17) is 9.15 Å². The lowest BCUT2D eigenvalue weighted by molar-refractivity contribution is -0.0964. The van der Waals surface area contributed by atoms with Gasteiger partial charge in [-0.1, -0.05) is 6.92 Å². The van der Waals surface area contributed by atoms with Crippen LogP contribution < -0.4 is 0 Å². The zero-order chi connectivity index (χ0) is 14.1. The SMILES string of the molecule is CCN1CCO[C@H]2CCN(C(=O)c3occc3C)C[C@@H]21. The Morgan fingerprint density at radius 3 is 3.00 bits per heavy atom. The molecule has 2 aliphatic rings. The molecule has 2 atom stereocenters. The van der Waals surface area contributed by atoms with Crippen LogP contribution in [0.15, 0.2) is 16.7 Å². The van der Waals surface area contributed by atoms with E-state index in [1.165, 1.54) is 0 Å².